The third-order valence-corrected chi connectivity index (χ3v) is 5.47. The summed E-state index contributed by atoms with van der Waals surface area (Å²) < 4.78 is 0. The zero-order chi connectivity index (χ0) is 21.1. The van der Waals surface area contributed by atoms with E-state index >= 15 is 0 Å². The van der Waals surface area contributed by atoms with Crippen LogP contribution in [0.1, 0.15) is 25.0 Å². The average Bonchev–Trinajstić information content (AvgIpc) is 2.76. The number of nitrogens with one attached hydrogen (secondary N) is 1. The average molecular weight is 397 g/mol. The molecule has 0 unspecified atom stereocenters. The van der Waals surface area contributed by atoms with Crippen molar-refractivity contribution in [1.82, 2.24) is 9.97 Å². The number of aryl methyl sites for hydroxylation is 2. The molecule has 1 N–H and O–H groups in total. The first-order valence-corrected chi connectivity index (χ1v) is 10.6. The van der Waals surface area contributed by atoms with E-state index in [1.165, 1.54) is 16.8 Å². The van der Waals surface area contributed by atoms with Crippen LogP contribution in [0.5, 0.6) is 0 Å². The van der Waals surface area contributed by atoms with Crippen molar-refractivity contribution in [3.8, 4) is 11.4 Å². The lowest BCUT2D eigenvalue weighted by molar-refractivity contribution is 0.866. The van der Waals surface area contributed by atoms with Crippen molar-refractivity contribution in [2.75, 3.05) is 23.3 Å². The minimum atomic E-state index is 0.734. The largest absolute Gasteiger partial charge is 0.372 e. The zero-order valence-electron chi connectivity index (χ0n) is 18.1. The highest BCUT2D eigenvalue weighted by atomic mass is 15.1. The van der Waals surface area contributed by atoms with Gasteiger partial charge in [-0.2, -0.15) is 0 Å². The molecule has 0 aliphatic heterocycles. The summed E-state index contributed by atoms with van der Waals surface area (Å²) in [4.78, 5) is 12.1. The molecule has 152 valence electrons. The molecule has 4 nitrogen and oxygen atoms in total. The molecule has 0 spiro atoms. The predicted octanol–water partition coefficient (Wildman–Crippen LogP) is 6.50. The quantitative estimate of drug-likeness (QED) is 0.404. The number of anilines is 3. The Bertz CT molecular complexity index is 1180. The molecule has 0 saturated carbocycles. The second-order valence-corrected chi connectivity index (χ2v) is 7.58. The van der Waals surface area contributed by atoms with Crippen molar-refractivity contribution in [2.24, 2.45) is 0 Å². The smallest absolute Gasteiger partial charge is 0.162 e. The lowest BCUT2D eigenvalue weighted by atomic mass is 10.1. The Morgan fingerprint density at radius 3 is 2.37 bits per heavy atom. The van der Waals surface area contributed by atoms with Gasteiger partial charge in [-0.05, 0) is 69.7 Å². The van der Waals surface area contributed by atoms with Gasteiger partial charge in [0.15, 0.2) is 5.82 Å². The van der Waals surface area contributed by atoms with Crippen molar-refractivity contribution >= 4 is 28.1 Å². The number of nitrogens with zero attached hydrogens (tertiary/aromatic N) is 3. The zero-order valence-corrected chi connectivity index (χ0v) is 18.1. The fourth-order valence-corrected chi connectivity index (χ4v) is 3.79. The van der Waals surface area contributed by atoms with Gasteiger partial charge in [0.1, 0.15) is 5.82 Å². The predicted molar refractivity (Wildman–Crippen MR) is 128 cm³/mol. The van der Waals surface area contributed by atoms with Gasteiger partial charge in [-0.25, -0.2) is 9.97 Å². The van der Waals surface area contributed by atoms with E-state index < -0.39 is 0 Å². The van der Waals surface area contributed by atoms with E-state index in [9.17, 15) is 0 Å². The van der Waals surface area contributed by atoms with Crippen molar-refractivity contribution in [2.45, 2.75) is 27.7 Å². The van der Waals surface area contributed by atoms with E-state index in [4.69, 9.17) is 9.97 Å². The van der Waals surface area contributed by atoms with Gasteiger partial charge in [0.05, 0.1) is 5.52 Å². The molecule has 0 aliphatic rings. The second kappa shape index (κ2) is 8.54. The molecule has 3 aromatic carbocycles. The molecule has 0 radical (unpaired) electrons. The third-order valence-electron chi connectivity index (χ3n) is 5.47. The van der Waals surface area contributed by atoms with Crippen LogP contribution in [-0.4, -0.2) is 23.1 Å². The van der Waals surface area contributed by atoms with Crippen molar-refractivity contribution in [3.63, 3.8) is 0 Å². The molecule has 0 bridgehead atoms. The Kier molecular flexibility index (Phi) is 5.66. The molecule has 4 aromatic rings. The maximum absolute atomic E-state index is 4.91. The SMILES string of the molecule is CCN(CC)c1ccc(Nc2nc(-c3cccc(C)c3)nc3ccccc23)c(C)c1. The van der Waals surface area contributed by atoms with Crippen LogP contribution in [-0.2, 0) is 0 Å². The number of hydrogen-bond acceptors (Lipinski definition) is 4. The standard InChI is InChI=1S/C26H28N4/c1-5-30(6-2)21-14-15-23(19(4)17-21)27-26-22-12-7-8-13-24(22)28-25(29-26)20-11-9-10-18(3)16-20/h7-17H,5-6H2,1-4H3,(H,27,28,29). The number of rotatable bonds is 6. The van der Waals surface area contributed by atoms with Crippen molar-refractivity contribution in [3.05, 3.63) is 77.9 Å². The highest BCUT2D eigenvalue weighted by Gasteiger charge is 2.12. The van der Waals surface area contributed by atoms with Crippen molar-refractivity contribution in [1.29, 1.82) is 0 Å². The van der Waals surface area contributed by atoms with Gasteiger partial charge in [-0.1, -0.05) is 35.9 Å². The highest BCUT2D eigenvalue weighted by Crippen LogP contribution is 2.30. The minimum absolute atomic E-state index is 0.734. The van der Waals surface area contributed by atoms with E-state index in [1.807, 2.05) is 24.3 Å². The molecule has 0 amide bonds. The molecule has 4 heteroatoms. The van der Waals surface area contributed by atoms with Gasteiger partial charge in [0.25, 0.3) is 0 Å². The lowest BCUT2D eigenvalue weighted by Gasteiger charge is -2.22. The molecule has 0 aliphatic carbocycles. The van der Waals surface area contributed by atoms with Gasteiger partial charge in [-0.3, -0.25) is 0 Å². The Morgan fingerprint density at radius 2 is 1.63 bits per heavy atom. The summed E-state index contributed by atoms with van der Waals surface area (Å²) in [5, 5.41) is 4.59. The van der Waals surface area contributed by atoms with Crippen molar-refractivity contribution < 1.29 is 0 Å². The topological polar surface area (TPSA) is 41.0 Å². The molecular formula is C26H28N4. The van der Waals surface area contributed by atoms with E-state index in [2.05, 4.69) is 80.4 Å². The summed E-state index contributed by atoms with van der Waals surface area (Å²) in [5.41, 5.74) is 6.66. The summed E-state index contributed by atoms with van der Waals surface area (Å²) in [6.45, 7) is 10.6. The van der Waals surface area contributed by atoms with Crippen LogP contribution in [0.25, 0.3) is 22.3 Å². The first kappa shape index (κ1) is 19.9. The Labute approximate surface area is 178 Å². The van der Waals surface area contributed by atoms with Gasteiger partial charge >= 0.3 is 0 Å². The molecule has 30 heavy (non-hydrogen) atoms. The van der Waals surface area contributed by atoms with Crippen LogP contribution in [0, 0.1) is 13.8 Å². The molecule has 1 aromatic heterocycles. The number of benzene rings is 3. The van der Waals surface area contributed by atoms with Crippen LogP contribution >= 0.6 is 0 Å². The number of fused-ring (bicyclic) bond motifs is 1. The van der Waals surface area contributed by atoms with Gasteiger partial charge < -0.3 is 10.2 Å². The fraction of sp³-hybridized carbons (Fsp3) is 0.231. The summed E-state index contributed by atoms with van der Waals surface area (Å²) in [5.74, 6) is 1.56. The van der Waals surface area contributed by atoms with Crippen LogP contribution in [0.3, 0.4) is 0 Å². The summed E-state index contributed by atoms with van der Waals surface area (Å²) in [7, 11) is 0. The first-order chi connectivity index (χ1) is 14.6. The summed E-state index contributed by atoms with van der Waals surface area (Å²) in [6.07, 6.45) is 0. The second-order valence-electron chi connectivity index (χ2n) is 7.58. The van der Waals surface area contributed by atoms with Crippen LogP contribution in [0.15, 0.2) is 66.7 Å². The first-order valence-electron chi connectivity index (χ1n) is 10.6. The van der Waals surface area contributed by atoms with E-state index in [1.54, 1.807) is 0 Å². The lowest BCUT2D eigenvalue weighted by Crippen LogP contribution is -2.21. The highest BCUT2D eigenvalue weighted by molar-refractivity contribution is 5.92. The molecule has 1 heterocycles. The maximum atomic E-state index is 4.91. The summed E-state index contributed by atoms with van der Waals surface area (Å²) >= 11 is 0. The van der Waals surface area contributed by atoms with Gasteiger partial charge in [0, 0.05) is 35.4 Å². The molecular weight excluding hydrogens is 368 g/mol. The third kappa shape index (κ3) is 3.99. The Morgan fingerprint density at radius 1 is 0.833 bits per heavy atom. The number of hydrogen-bond donors (Lipinski definition) is 1. The molecule has 0 saturated heterocycles. The molecule has 4 rings (SSSR count). The fourth-order valence-electron chi connectivity index (χ4n) is 3.79. The van der Waals surface area contributed by atoms with E-state index in [-0.39, 0.29) is 0 Å². The monoisotopic (exact) mass is 396 g/mol. The van der Waals surface area contributed by atoms with E-state index in [0.29, 0.717) is 0 Å². The molecule has 0 fully saturated rings. The van der Waals surface area contributed by atoms with Crippen LogP contribution in [0.2, 0.25) is 0 Å². The summed E-state index contributed by atoms with van der Waals surface area (Å²) in [6, 6.07) is 23.0. The maximum Gasteiger partial charge on any atom is 0.162 e. The van der Waals surface area contributed by atoms with Gasteiger partial charge in [0.2, 0.25) is 0 Å². The Balaban J connectivity index is 1.77. The van der Waals surface area contributed by atoms with Crippen LogP contribution < -0.4 is 10.2 Å². The number of para-hydroxylation sites is 1. The Hall–Kier alpha value is -3.40. The number of aromatic nitrogens is 2. The van der Waals surface area contributed by atoms with E-state index in [0.717, 1.165) is 46.9 Å². The minimum Gasteiger partial charge on any atom is -0.372 e. The van der Waals surface area contributed by atoms with Crippen LogP contribution in [0.4, 0.5) is 17.2 Å². The normalized spacial score (nSPS) is 10.9. The molecule has 0 atom stereocenters. The van der Waals surface area contributed by atoms with Gasteiger partial charge in [-0.15, -0.1) is 0 Å².